The minimum absolute atomic E-state index is 0.117. The second-order valence-electron chi connectivity index (χ2n) is 8.21. The summed E-state index contributed by atoms with van der Waals surface area (Å²) in [5, 5.41) is 12.3. The normalized spacial score (nSPS) is 19.1. The standard InChI is InChI=1S/C23H23ClN5O2S/c1-15-11-25-29(12-15)13-22(30)28-8-6-16(7-9-28)23-26-20(14-32-23)19-10-21(31-27-19)17-4-2-3-5-18(17)24/h2-3,5,11-12,14,16,21H,6-10,13H2,1H3. The molecule has 1 unspecified atom stereocenters. The average Bonchev–Trinajstić information content (AvgIpc) is 3.55. The van der Waals surface area contributed by atoms with E-state index in [1.54, 1.807) is 22.2 Å². The maximum atomic E-state index is 12.6. The molecule has 4 heterocycles. The highest BCUT2D eigenvalue weighted by Crippen LogP contribution is 2.35. The maximum Gasteiger partial charge on any atom is 0.244 e. The SMILES string of the molecule is Cc1cnn(CC(=O)N2CCC(c3nc(C4=NOC(c5[c]cccc5Cl)C4)cs3)CC2)c1. The van der Waals surface area contributed by atoms with E-state index >= 15 is 0 Å². The van der Waals surface area contributed by atoms with Crippen molar-refractivity contribution < 1.29 is 9.63 Å². The highest BCUT2D eigenvalue weighted by molar-refractivity contribution is 7.10. The predicted octanol–water partition coefficient (Wildman–Crippen LogP) is 4.37. The topological polar surface area (TPSA) is 72.6 Å². The first-order chi connectivity index (χ1) is 15.6. The molecule has 9 heteroatoms. The second-order valence-corrected chi connectivity index (χ2v) is 9.51. The Labute approximate surface area is 195 Å². The fourth-order valence-corrected chi connectivity index (χ4v) is 5.38. The van der Waals surface area contributed by atoms with Crippen molar-refractivity contribution in [3.63, 3.8) is 0 Å². The summed E-state index contributed by atoms with van der Waals surface area (Å²) < 4.78 is 1.70. The number of rotatable bonds is 5. The van der Waals surface area contributed by atoms with E-state index in [-0.39, 0.29) is 12.0 Å². The van der Waals surface area contributed by atoms with E-state index in [9.17, 15) is 4.79 Å². The van der Waals surface area contributed by atoms with Gasteiger partial charge in [-0.3, -0.25) is 9.48 Å². The summed E-state index contributed by atoms with van der Waals surface area (Å²) in [5.41, 5.74) is 3.59. The van der Waals surface area contributed by atoms with Crippen molar-refractivity contribution in [2.75, 3.05) is 13.1 Å². The molecule has 1 radical (unpaired) electrons. The molecule has 2 aromatic heterocycles. The third kappa shape index (κ3) is 4.42. The molecule has 5 rings (SSSR count). The fourth-order valence-electron chi connectivity index (χ4n) is 4.13. The molecule has 2 aliphatic rings. The summed E-state index contributed by atoms with van der Waals surface area (Å²) in [6.45, 7) is 3.75. The van der Waals surface area contributed by atoms with E-state index in [1.165, 1.54) is 0 Å². The van der Waals surface area contributed by atoms with Crippen LogP contribution in [0.2, 0.25) is 5.02 Å². The lowest BCUT2D eigenvalue weighted by atomic mass is 9.97. The molecule has 0 bridgehead atoms. The molecule has 3 aromatic rings. The molecule has 0 aliphatic carbocycles. The van der Waals surface area contributed by atoms with E-state index in [2.05, 4.69) is 16.3 Å². The van der Waals surface area contributed by atoms with Gasteiger partial charge >= 0.3 is 0 Å². The Morgan fingerprint density at radius 1 is 1.38 bits per heavy atom. The van der Waals surface area contributed by atoms with E-state index in [4.69, 9.17) is 21.4 Å². The highest BCUT2D eigenvalue weighted by atomic mass is 35.5. The molecule has 165 valence electrons. The average molecular weight is 469 g/mol. The molecule has 0 spiro atoms. The molecule has 1 atom stereocenters. The van der Waals surface area contributed by atoms with Gasteiger partial charge in [0.1, 0.15) is 12.3 Å². The Hall–Kier alpha value is -2.71. The van der Waals surface area contributed by atoms with Crippen molar-refractivity contribution in [3.8, 4) is 0 Å². The van der Waals surface area contributed by atoms with Gasteiger partial charge in [-0.15, -0.1) is 11.3 Å². The summed E-state index contributed by atoms with van der Waals surface area (Å²) in [6, 6.07) is 8.67. The van der Waals surface area contributed by atoms with Crippen LogP contribution in [0.1, 0.15) is 53.1 Å². The number of hydrogen-bond donors (Lipinski definition) is 0. The Kier molecular flexibility index (Phi) is 5.97. The first-order valence-electron chi connectivity index (χ1n) is 10.7. The summed E-state index contributed by atoms with van der Waals surface area (Å²) >= 11 is 7.93. The van der Waals surface area contributed by atoms with E-state index < -0.39 is 0 Å². The smallest absolute Gasteiger partial charge is 0.244 e. The Balaban J connectivity index is 1.16. The Morgan fingerprint density at radius 2 is 2.22 bits per heavy atom. The van der Waals surface area contributed by atoms with E-state index in [1.807, 2.05) is 41.6 Å². The molecular weight excluding hydrogens is 446 g/mol. The molecule has 0 saturated carbocycles. The van der Waals surface area contributed by atoms with Gasteiger partial charge in [0, 0.05) is 47.6 Å². The van der Waals surface area contributed by atoms with Crippen LogP contribution in [0.25, 0.3) is 0 Å². The van der Waals surface area contributed by atoms with Crippen LogP contribution in [0.5, 0.6) is 0 Å². The van der Waals surface area contributed by atoms with Crippen molar-refractivity contribution in [1.82, 2.24) is 19.7 Å². The van der Waals surface area contributed by atoms with Crippen LogP contribution in [0.4, 0.5) is 0 Å². The zero-order valence-corrected chi connectivity index (χ0v) is 19.3. The second kappa shape index (κ2) is 9.03. The number of amides is 1. The zero-order valence-electron chi connectivity index (χ0n) is 17.7. The minimum Gasteiger partial charge on any atom is -0.387 e. The summed E-state index contributed by atoms with van der Waals surface area (Å²) in [6.07, 6.45) is 5.90. The molecule has 32 heavy (non-hydrogen) atoms. The number of carbonyl (C=O) groups is 1. The molecule has 1 saturated heterocycles. The third-order valence-corrected chi connectivity index (χ3v) is 7.24. The number of aromatic nitrogens is 3. The quantitative estimate of drug-likeness (QED) is 0.557. The van der Waals surface area contributed by atoms with Crippen LogP contribution in [0.15, 0.2) is 41.1 Å². The van der Waals surface area contributed by atoms with Gasteiger partial charge < -0.3 is 9.74 Å². The van der Waals surface area contributed by atoms with Crippen LogP contribution < -0.4 is 0 Å². The van der Waals surface area contributed by atoms with Gasteiger partial charge in [-0.05, 0) is 37.5 Å². The number of nitrogens with zero attached hydrogens (tertiary/aromatic N) is 5. The fraction of sp³-hybridized carbons (Fsp3) is 0.391. The molecule has 1 amide bonds. The molecular formula is C23H23ClN5O2S. The summed E-state index contributed by atoms with van der Waals surface area (Å²) in [7, 11) is 0. The number of hydrogen-bond acceptors (Lipinski definition) is 6. The number of halogens is 1. The number of thiazole rings is 1. The summed E-state index contributed by atoms with van der Waals surface area (Å²) in [4.78, 5) is 25.0. The Bertz CT molecular complexity index is 1150. The van der Waals surface area contributed by atoms with Crippen molar-refractivity contribution in [2.24, 2.45) is 5.16 Å². The molecule has 1 aromatic carbocycles. The molecule has 0 N–H and O–H groups in total. The van der Waals surface area contributed by atoms with Gasteiger partial charge in [-0.2, -0.15) is 5.10 Å². The van der Waals surface area contributed by atoms with Gasteiger partial charge in [0.05, 0.1) is 16.9 Å². The van der Waals surface area contributed by atoms with Crippen LogP contribution in [0, 0.1) is 13.0 Å². The Morgan fingerprint density at radius 3 is 2.97 bits per heavy atom. The van der Waals surface area contributed by atoms with E-state index in [0.29, 0.717) is 23.9 Å². The van der Waals surface area contributed by atoms with Gasteiger partial charge in [0.2, 0.25) is 5.91 Å². The molecule has 2 aliphatic heterocycles. The lowest BCUT2D eigenvalue weighted by Gasteiger charge is -2.31. The minimum atomic E-state index is -0.225. The number of benzene rings is 1. The first-order valence-corrected chi connectivity index (χ1v) is 11.9. The van der Waals surface area contributed by atoms with Crippen LogP contribution in [-0.4, -0.2) is 44.4 Å². The number of aryl methyl sites for hydroxylation is 1. The van der Waals surface area contributed by atoms with Crippen LogP contribution >= 0.6 is 22.9 Å². The van der Waals surface area contributed by atoms with Crippen LogP contribution in [-0.2, 0) is 16.2 Å². The molecule has 1 fully saturated rings. The van der Waals surface area contributed by atoms with Crippen LogP contribution in [0.3, 0.4) is 0 Å². The van der Waals surface area contributed by atoms with Crippen molar-refractivity contribution in [1.29, 1.82) is 0 Å². The van der Waals surface area contributed by atoms with E-state index in [0.717, 1.165) is 53.5 Å². The number of oxime groups is 1. The van der Waals surface area contributed by atoms with Crippen molar-refractivity contribution in [2.45, 2.75) is 44.8 Å². The third-order valence-electron chi connectivity index (χ3n) is 5.90. The number of likely N-dealkylation sites (tertiary alicyclic amines) is 1. The lowest BCUT2D eigenvalue weighted by molar-refractivity contribution is -0.133. The highest BCUT2D eigenvalue weighted by Gasteiger charge is 2.29. The number of piperidine rings is 1. The van der Waals surface area contributed by atoms with Gasteiger partial charge in [0.15, 0.2) is 6.10 Å². The van der Waals surface area contributed by atoms with Gasteiger partial charge in [0.25, 0.3) is 0 Å². The van der Waals surface area contributed by atoms with Gasteiger partial charge in [-0.25, -0.2) is 4.98 Å². The van der Waals surface area contributed by atoms with Gasteiger partial charge in [-0.1, -0.05) is 28.9 Å². The zero-order chi connectivity index (χ0) is 22.1. The first kappa shape index (κ1) is 21.2. The van der Waals surface area contributed by atoms with Crippen molar-refractivity contribution >= 4 is 34.6 Å². The monoisotopic (exact) mass is 468 g/mol. The predicted molar refractivity (Wildman–Crippen MR) is 123 cm³/mol. The maximum absolute atomic E-state index is 12.6. The van der Waals surface area contributed by atoms with Crippen molar-refractivity contribution in [3.05, 3.63) is 68.9 Å². The largest absolute Gasteiger partial charge is 0.387 e. The molecule has 7 nitrogen and oxygen atoms in total. The number of carbonyl (C=O) groups excluding carboxylic acids is 1. The lowest BCUT2D eigenvalue weighted by Crippen LogP contribution is -2.39. The summed E-state index contributed by atoms with van der Waals surface area (Å²) in [5.74, 6) is 0.478.